The van der Waals surface area contributed by atoms with Crippen molar-refractivity contribution in [3.05, 3.63) is 42.7 Å². The van der Waals surface area contributed by atoms with E-state index in [1.54, 1.807) is 0 Å². The molecule has 0 radical (unpaired) electrons. The van der Waals surface area contributed by atoms with Crippen molar-refractivity contribution in [3.8, 4) is 0 Å². The second-order valence-electron chi connectivity index (χ2n) is 6.11. The summed E-state index contributed by atoms with van der Waals surface area (Å²) in [5.41, 5.74) is 4.57. The molecule has 1 aromatic carbocycles. The van der Waals surface area contributed by atoms with E-state index in [2.05, 4.69) is 63.2 Å². The highest BCUT2D eigenvalue weighted by Crippen LogP contribution is 2.22. The molecule has 5 nitrogen and oxygen atoms in total. The number of hydrogen-bond acceptors (Lipinski definition) is 4. The van der Waals surface area contributed by atoms with Crippen LogP contribution in [-0.4, -0.2) is 41.1 Å². The summed E-state index contributed by atoms with van der Waals surface area (Å²) in [6.45, 7) is 4.64. The van der Waals surface area contributed by atoms with Crippen molar-refractivity contribution in [2.24, 2.45) is 0 Å². The highest BCUT2D eigenvalue weighted by atomic mass is 15.8. The van der Waals surface area contributed by atoms with Crippen LogP contribution in [0, 0.1) is 0 Å². The molecular formula is C17H23N5. The SMILES string of the molecule is C1=CN(c2cc3ccccc3[nH]2)NN1CCN1CCCCC1. The van der Waals surface area contributed by atoms with Gasteiger partial charge in [-0.15, -0.1) is 5.53 Å². The van der Waals surface area contributed by atoms with E-state index >= 15 is 0 Å². The number of anilines is 1. The number of likely N-dealkylation sites (tertiary alicyclic amines) is 1. The third kappa shape index (κ3) is 2.82. The number of aromatic amines is 1. The third-order valence-corrected chi connectivity index (χ3v) is 4.51. The van der Waals surface area contributed by atoms with E-state index in [1.165, 1.54) is 43.3 Å². The van der Waals surface area contributed by atoms with Gasteiger partial charge in [0, 0.05) is 36.4 Å². The Hall–Kier alpha value is -1.98. The summed E-state index contributed by atoms with van der Waals surface area (Å²) in [5.74, 6) is 1.07. The molecule has 0 aliphatic carbocycles. The minimum Gasteiger partial charge on any atom is -0.340 e. The normalized spacial score (nSPS) is 19.5. The zero-order valence-electron chi connectivity index (χ0n) is 12.8. The Balaban J connectivity index is 1.35. The van der Waals surface area contributed by atoms with Gasteiger partial charge in [0.2, 0.25) is 0 Å². The molecule has 2 aromatic rings. The summed E-state index contributed by atoms with van der Waals surface area (Å²) in [7, 11) is 0. The molecule has 1 fully saturated rings. The van der Waals surface area contributed by atoms with Crippen molar-refractivity contribution >= 4 is 16.7 Å². The standard InChI is InChI=1S/C17H23N5/c1-4-8-20(9-5-1)10-11-21-12-13-22(19-21)17-14-15-6-2-3-7-16(15)18-17/h2-3,6-7,12-14,18-19H,1,4-5,8-11H2. The highest BCUT2D eigenvalue weighted by Gasteiger charge is 2.16. The highest BCUT2D eigenvalue weighted by molar-refractivity contribution is 5.84. The second-order valence-corrected chi connectivity index (χ2v) is 6.11. The number of nitrogens with one attached hydrogen (secondary N) is 2. The summed E-state index contributed by atoms with van der Waals surface area (Å²) < 4.78 is 0. The van der Waals surface area contributed by atoms with Crippen LogP contribution in [0.15, 0.2) is 42.7 Å². The second kappa shape index (κ2) is 6.02. The number of H-pyrrole nitrogens is 1. The van der Waals surface area contributed by atoms with E-state index in [0.29, 0.717) is 0 Å². The first-order chi connectivity index (χ1) is 10.9. The number of para-hydroxylation sites is 1. The van der Waals surface area contributed by atoms with Crippen molar-refractivity contribution in [2.45, 2.75) is 19.3 Å². The predicted octanol–water partition coefficient (Wildman–Crippen LogP) is 2.67. The van der Waals surface area contributed by atoms with Gasteiger partial charge in [0.25, 0.3) is 0 Å². The molecule has 0 atom stereocenters. The fourth-order valence-corrected chi connectivity index (χ4v) is 3.23. The van der Waals surface area contributed by atoms with Gasteiger partial charge in [0.1, 0.15) is 5.82 Å². The average Bonchev–Trinajstić information content (AvgIpc) is 3.20. The molecule has 116 valence electrons. The number of benzene rings is 1. The number of fused-ring (bicyclic) bond motifs is 1. The molecule has 22 heavy (non-hydrogen) atoms. The minimum atomic E-state index is 1.01. The van der Waals surface area contributed by atoms with Crippen LogP contribution in [0.5, 0.6) is 0 Å². The lowest BCUT2D eigenvalue weighted by molar-refractivity contribution is 0.187. The van der Waals surface area contributed by atoms with Crippen LogP contribution in [0.3, 0.4) is 0 Å². The van der Waals surface area contributed by atoms with Gasteiger partial charge < -0.3 is 9.88 Å². The molecule has 0 unspecified atom stereocenters. The van der Waals surface area contributed by atoms with E-state index in [0.717, 1.165) is 18.9 Å². The number of hydrogen-bond donors (Lipinski definition) is 2. The van der Waals surface area contributed by atoms with Crippen LogP contribution in [0.1, 0.15) is 19.3 Å². The first-order valence-electron chi connectivity index (χ1n) is 8.19. The molecule has 2 N–H and O–H groups in total. The Morgan fingerprint density at radius 2 is 1.82 bits per heavy atom. The number of rotatable bonds is 4. The van der Waals surface area contributed by atoms with E-state index in [9.17, 15) is 0 Å². The van der Waals surface area contributed by atoms with Gasteiger partial charge in [-0.2, -0.15) is 0 Å². The molecule has 0 amide bonds. The smallest absolute Gasteiger partial charge is 0.127 e. The Kier molecular flexibility index (Phi) is 3.74. The number of piperidine rings is 1. The number of nitrogens with zero attached hydrogens (tertiary/aromatic N) is 3. The summed E-state index contributed by atoms with van der Waals surface area (Å²) in [5, 5.41) is 5.43. The molecule has 4 rings (SSSR count). The van der Waals surface area contributed by atoms with Gasteiger partial charge in [0.15, 0.2) is 0 Å². The Labute approximate surface area is 131 Å². The lowest BCUT2D eigenvalue weighted by Crippen LogP contribution is -2.44. The summed E-state index contributed by atoms with van der Waals surface area (Å²) in [6, 6.07) is 10.5. The number of aromatic nitrogens is 1. The van der Waals surface area contributed by atoms with Gasteiger partial charge >= 0.3 is 0 Å². The molecule has 2 aliphatic heterocycles. The fourth-order valence-electron chi connectivity index (χ4n) is 3.23. The molecule has 1 saturated heterocycles. The van der Waals surface area contributed by atoms with Crippen molar-refractivity contribution < 1.29 is 0 Å². The van der Waals surface area contributed by atoms with Crippen molar-refractivity contribution in [2.75, 3.05) is 31.2 Å². The molecule has 5 heteroatoms. The molecule has 3 heterocycles. The lowest BCUT2D eigenvalue weighted by Gasteiger charge is -2.29. The maximum atomic E-state index is 3.44. The van der Waals surface area contributed by atoms with Gasteiger partial charge in [0.05, 0.1) is 0 Å². The molecule has 0 spiro atoms. The zero-order valence-corrected chi connectivity index (χ0v) is 12.8. The molecule has 1 aromatic heterocycles. The molecule has 2 aliphatic rings. The van der Waals surface area contributed by atoms with Gasteiger partial charge in [-0.3, -0.25) is 5.01 Å². The van der Waals surface area contributed by atoms with E-state index in [1.807, 2.05) is 5.01 Å². The Morgan fingerprint density at radius 1 is 0.955 bits per heavy atom. The molecule has 0 saturated carbocycles. The predicted molar refractivity (Wildman–Crippen MR) is 90.1 cm³/mol. The summed E-state index contributed by atoms with van der Waals surface area (Å²) in [4.78, 5) is 6.00. The van der Waals surface area contributed by atoms with Crippen LogP contribution in [0.25, 0.3) is 10.9 Å². The largest absolute Gasteiger partial charge is 0.340 e. The van der Waals surface area contributed by atoms with Crippen molar-refractivity contribution in [1.82, 2.24) is 20.4 Å². The Morgan fingerprint density at radius 3 is 2.68 bits per heavy atom. The Bertz CT molecular complexity index is 623. The van der Waals surface area contributed by atoms with Crippen LogP contribution >= 0.6 is 0 Å². The van der Waals surface area contributed by atoms with Gasteiger partial charge in [-0.25, -0.2) is 5.01 Å². The summed E-state index contributed by atoms with van der Waals surface area (Å²) in [6.07, 6.45) is 8.28. The van der Waals surface area contributed by atoms with Gasteiger partial charge in [-0.1, -0.05) is 24.6 Å². The fraction of sp³-hybridized carbons (Fsp3) is 0.412. The van der Waals surface area contributed by atoms with Crippen LogP contribution < -0.4 is 10.5 Å². The quantitative estimate of drug-likeness (QED) is 0.910. The maximum Gasteiger partial charge on any atom is 0.127 e. The minimum absolute atomic E-state index is 1.01. The number of hydrazine groups is 2. The van der Waals surface area contributed by atoms with Crippen LogP contribution in [0.2, 0.25) is 0 Å². The van der Waals surface area contributed by atoms with Crippen molar-refractivity contribution in [3.63, 3.8) is 0 Å². The first kappa shape index (κ1) is 13.7. The summed E-state index contributed by atoms with van der Waals surface area (Å²) >= 11 is 0. The van der Waals surface area contributed by atoms with E-state index in [-0.39, 0.29) is 0 Å². The first-order valence-corrected chi connectivity index (χ1v) is 8.19. The van der Waals surface area contributed by atoms with Gasteiger partial charge in [-0.05, 0) is 38.1 Å². The third-order valence-electron chi connectivity index (χ3n) is 4.51. The average molecular weight is 297 g/mol. The molecular weight excluding hydrogens is 274 g/mol. The van der Waals surface area contributed by atoms with Crippen LogP contribution in [0.4, 0.5) is 5.82 Å². The molecule has 0 bridgehead atoms. The van der Waals surface area contributed by atoms with Crippen LogP contribution in [-0.2, 0) is 0 Å². The van der Waals surface area contributed by atoms with E-state index < -0.39 is 0 Å². The maximum absolute atomic E-state index is 3.44. The van der Waals surface area contributed by atoms with E-state index in [4.69, 9.17) is 0 Å². The lowest BCUT2D eigenvalue weighted by atomic mass is 10.1. The monoisotopic (exact) mass is 297 g/mol. The zero-order chi connectivity index (χ0) is 14.8. The topological polar surface area (TPSA) is 37.5 Å². The van der Waals surface area contributed by atoms with Crippen molar-refractivity contribution in [1.29, 1.82) is 0 Å².